The fraction of sp³-hybridized carbons (Fsp3) is 0.500. The molecule has 1 atom stereocenters. The van der Waals surface area contributed by atoms with Crippen molar-refractivity contribution in [1.29, 1.82) is 0 Å². The number of carbonyl (C=O) groups excluding carboxylic acids is 1. The summed E-state index contributed by atoms with van der Waals surface area (Å²) in [6, 6.07) is 2.62. The number of hydrogen-bond donors (Lipinski definition) is 3. The standard InChI is InChI=1S/C18H24N6OS2/c1-4-13-22-23-18(26-13)21-16(25)15-14(19)11-7-10-8-24(9(2)3)6-5-12(10)20-17(11)27-15/h7,9,13,22H,4-6,8,19H2,1-3H3,(H,21,23,25). The molecular formula is C18H24N6OS2. The molecule has 27 heavy (non-hydrogen) atoms. The zero-order valence-electron chi connectivity index (χ0n) is 15.7. The van der Waals surface area contributed by atoms with Crippen LogP contribution in [0.4, 0.5) is 5.69 Å². The molecule has 0 bridgehead atoms. The van der Waals surface area contributed by atoms with Crippen LogP contribution in [-0.4, -0.2) is 38.9 Å². The van der Waals surface area contributed by atoms with E-state index in [1.165, 1.54) is 28.7 Å². The van der Waals surface area contributed by atoms with Crippen LogP contribution in [0.5, 0.6) is 0 Å². The molecule has 4 rings (SSSR count). The monoisotopic (exact) mass is 404 g/mol. The van der Waals surface area contributed by atoms with Crippen molar-refractivity contribution in [3.05, 3.63) is 22.2 Å². The Morgan fingerprint density at radius 3 is 3.04 bits per heavy atom. The summed E-state index contributed by atoms with van der Waals surface area (Å²) in [5.41, 5.74) is 12.2. The first kappa shape index (κ1) is 18.5. The van der Waals surface area contributed by atoms with E-state index in [4.69, 9.17) is 10.7 Å². The lowest BCUT2D eigenvalue weighted by molar-refractivity contribution is 0.0982. The van der Waals surface area contributed by atoms with Gasteiger partial charge >= 0.3 is 0 Å². The van der Waals surface area contributed by atoms with Crippen molar-refractivity contribution in [3.63, 3.8) is 0 Å². The fourth-order valence-electron chi connectivity index (χ4n) is 3.33. The number of thiophene rings is 1. The normalized spacial score (nSPS) is 19.9. The first-order valence-electron chi connectivity index (χ1n) is 9.22. The topological polar surface area (TPSA) is 95.6 Å². The molecule has 0 saturated carbocycles. The van der Waals surface area contributed by atoms with Crippen LogP contribution >= 0.6 is 23.1 Å². The van der Waals surface area contributed by atoms with Gasteiger partial charge < -0.3 is 5.73 Å². The molecule has 1 unspecified atom stereocenters. The number of nitrogens with zero attached hydrogens (tertiary/aromatic N) is 3. The number of aromatic nitrogens is 1. The number of carbonyl (C=O) groups is 1. The molecule has 0 radical (unpaired) electrons. The number of rotatable bonds is 3. The highest BCUT2D eigenvalue weighted by Crippen LogP contribution is 2.35. The predicted molar refractivity (Wildman–Crippen MR) is 113 cm³/mol. The quantitative estimate of drug-likeness (QED) is 0.728. The van der Waals surface area contributed by atoms with Crippen molar-refractivity contribution in [2.45, 2.75) is 51.6 Å². The summed E-state index contributed by atoms with van der Waals surface area (Å²) < 4.78 is 0. The van der Waals surface area contributed by atoms with E-state index in [0.717, 1.165) is 41.8 Å². The Kier molecular flexibility index (Phi) is 5.00. The van der Waals surface area contributed by atoms with Crippen molar-refractivity contribution in [3.8, 4) is 0 Å². The number of nitrogens with one attached hydrogen (secondary N) is 2. The average molecular weight is 405 g/mol. The second-order valence-corrected chi connectivity index (χ2v) is 9.31. The first-order valence-corrected chi connectivity index (χ1v) is 10.9. The van der Waals surface area contributed by atoms with Crippen LogP contribution in [0, 0.1) is 0 Å². The van der Waals surface area contributed by atoms with Gasteiger partial charge in [0.25, 0.3) is 5.91 Å². The van der Waals surface area contributed by atoms with E-state index >= 15 is 0 Å². The summed E-state index contributed by atoms with van der Waals surface area (Å²) in [6.45, 7) is 8.38. The summed E-state index contributed by atoms with van der Waals surface area (Å²) >= 11 is 2.87. The molecule has 4 heterocycles. The molecule has 0 spiro atoms. The van der Waals surface area contributed by atoms with Gasteiger partial charge in [0.1, 0.15) is 9.71 Å². The van der Waals surface area contributed by atoms with Gasteiger partial charge in [-0.15, -0.1) is 11.3 Å². The van der Waals surface area contributed by atoms with Crippen molar-refractivity contribution in [1.82, 2.24) is 20.6 Å². The summed E-state index contributed by atoms with van der Waals surface area (Å²) in [7, 11) is 0. The highest BCUT2D eigenvalue weighted by Gasteiger charge is 2.25. The molecule has 1 amide bonds. The molecule has 2 aromatic rings. The Hall–Kier alpha value is -1.84. The minimum absolute atomic E-state index is 0.206. The first-order chi connectivity index (χ1) is 13.0. The van der Waals surface area contributed by atoms with Gasteiger partial charge in [-0.2, -0.15) is 5.10 Å². The van der Waals surface area contributed by atoms with Crippen molar-refractivity contribution < 1.29 is 4.79 Å². The van der Waals surface area contributed by atoms with E-state index in [0.29, 0.717) is 21.8 Å². The van der Waals surface area contributed by atoms with Gasteiger partial charge in [-0.1, -0.05) is 18.7 Å². The lowest BCUT2D eigenvalue weighted by atomic mass is 10.0. The second-order valence-electron chi connectivity index (χ2n) is 7.12. The lowest BCUT2D eigenvalue weighted by Gasteiger charge is -2.31. The van der Waals surface area contributed by atoms with Crippen LogP contribution < -0.4 is 16.5 Å². The van der Waals surface area contributed by atoms with Gasteiger partial charge in [0.05, 0.1) is 11.1 Å². The molecule has 0 aromatic carbocycles. The Morgan fingerprint density at radius 2 is 2.33 bits per heavy atom. The number of anilines is 1. The molecule has 9 heteroatoms. The summed E-state index contributed by atoms with van der Waals surface area (Å²) in [4.78, 5) is 21.3. The molecule has 2 aliphatic rings. The third-order valence-electron chi connectivity index (χ3n) is 4.99. The number of fused-ring (bicyclic) bond motifs is 2. The zero-order valence-corrected chi connectivity index (χ0v) is 17.3. The predicted octanol–water partition coefficient (Wildman–Crippen LogP) is 2.72. The number of nitrogen functional groups attached to an aromatic ring is 1. The number of hydrogen-bond acceptors (Lipinski definition) is 8. The van der Waals surface area contributed by atoms with Crippen LogP contribution in [-0.2, 0) is 13.0 Å². The van der Waals surface area contributed by atoms with E-state index in [1.54, 1.807) is 0 Å². The van der Waals surface area contributed by atoms with Crippen LogP contribution in [0.25, 0.3) is 10.2 Å². The number of thioether (sulfide) groups is 1. The second kappa shape index (κ2) is 7.29. The van der Waals surface area contributed by atoms with Crippen molar-refractivity contribution in [2.24, 2.45) is 5.10 Å². The van der Waals surface area contributed by atoms with Crippen LogP contribution in [0.3, 0.4) is 0 Å². The minimum atomic E-state index is -0.220. The lowest BCUT2D eigenvalue weighted by Crippen LogP contribution is -2.36. The minimum Gasteiger partial charge on any atom is -0.397 e. The van der Waals surface area contributed by atoms with Gasteiger partial charge in [-0.05, 0) is 31.9 Å². The molecule has 144 valence electrons. The summed E-state index contributed by atoms with van der Waals surface area (Å²) in [5, 5.41) is 8.69. The number of nitrogens with two attached hydrogens (primary N) is 1. The number of hydrazone groups is 1. The molecule has 0 aliphatic carbocycles. The highest BCUT2D eigenvalue weighted by molar-refractivity contribution is 8.14. The third-order valence-corrected chi connectivity index (χ3v) is 7.24. The molecule has 0 saturated heterocycles. The van der Waals surface area contributed by atoms with E-state index < -0.39 is 0 Å². The Morgan fingerprint density at radius 1 is 1.52 bits per heavy atom. The third kappa shape index (κ3) is 3.51. The van der Waals surface area contributed by atoms with Gasteiger partial charge in [0, 0.05) is 36.6 Å². The van der Waals surface area contributed by atoms with Crippen molar-refractivity contribution in [2.75, 3.05) is 12.3 Å². The Balaban J connectivity index is 1.60. The van der Waals surface area contributed by atoms with Gasteiger partial charge in [-0.25, -0.2) is 4.98 Å². The van der Waals surface area contributed by atoms with E-state index in [2.05, 4.69) is 47.6 Å². The maximum absolute atomic E-state index is 12.7. The molecule has 4 N–H and O–H groups in total. The Labute approximate surface area is 166 Å². The van der Waals surface area contributed by atoms with Gasteiger partial charge in [-0.3, -0.25) is 20.4 Å². The SMILES string of the molecule is CCC1NN=C(NC(=O)c2sc3nc4c(cc3c2N)CN(C(C)C)CC4)S1. The van der Waals surface area contributed by atoms with Crippen LogP contribution in [0.2, 0.25) is 0 Å². The molecule has 0 fully saturated rings. The molecular weight excluding hydrogens is 380 g/mol. The zero-order chi connectivity index (χ0) is 19.1. The van der Waals surface area contributed by atoms with Crippen LogP contribution in [0.1, 0.15) is 48.1 Å². The smallest absolute Gasteiger partial charge is 0.269 e. The van der Waals surface area contributed by atoms with E-state index in [-0.39, 0.29) is 11.3 Å². The number of pyridine rings is 1. The van der Waals surface area contributed by atoms with Crippen molar-refractivity contribution >= 4 is 50.1 Å². The van der Waals surface area contributed by atoms with Gasteiger partial charge in [0.2, 0.25) is 0 Å². The summed E-state index contributed by atoms with van der Waals surface area (Å²) in [5.74, 6) is -0.220. The van der Waals surface area contributed by atoms with Crippen LogP contribution in [0.15, 0.2) is 11.2 Å². The average Bonchev–Trinajstić information content (AvgIpc) is 3.24. The molecule has 2 aromatic heterocycles. The van der Waals surface area contributed by atoms with E-state index in [1.807, 2.05) is 0 Å². The van der Waals surface area contributed by atoms with Gasteiger partial charge in [0.15, 0.2) is 5.17 Å². The maximum atomic E-state index is 12.7. The van der Waals surface area contributed by atoms with E-state index in [9.17, 15) is 4.79 Å². The Bertz CT molecular complexity index is 922. The number of amidine groups is 1. The maximum Gasteiger partial charge on any atom is 0.269 e. The number of amides is 1. The largest absolute Gasteiger partial charge is 0.397 e. The summed E-state index contributed by atoms with van der Waals surface area (Å²) in [6.07, 6.45) is 1.86. The molecule has 2 aliphatic heterocycles. The highest BCUT2D eigenvalue weighted by atomic mass is 32.2. The molecule has 7 nitrogen and oxygen atoms in total. The fourth-order valence-corrected chi connectivity index (χ4v) is 5.12.